The SMILES string of the molecule is COC(=O)c1cc(S(C)(=O)=O)c(-n2ccnc2)cc1C#N. The number of ether oxygens (including phenoxy) is 1. The van der Waals surface area contributed by atoms with Crippen molar-refractivity contribution in [2.24, 2.45) is 0 Å². The fraction of sp³-hybridized carbons (Fsp3) is 0.154. The van der Waals surface area contributed by atoms with Crippen molar-refractivity contribution >= 4 is 15.8 Å². The molecule has 0 bridgehead atoms. The van der Waals surface area contributed by atoms with E-state index < -0.39 is 15.8 Å². The molecule has 0 spiro atoms. The Balaban J connectivity index is 2.84. The number of benzene rings is 1. The number of methoxy groups -OCH3 is 1. The van der Waals surface area contributed by atoms with Crippen LogP contribution in [-0.4, -0.2) is 37.3 Å². The van der Waals surface area contributed by atoms with Gasteiger partial charge < -0.3 is 9.30 Å². The first-order valence-corrected chi connectivity index (χ1v) is 7.62. The van der Waals surface area contributed by atoms with E-state index >= 15 is 0 Å². The third kappa shape index (κ3) is 2.78. The van der Waals surface area contributed by atoms with Gasteiger partial charge in [-0.05, 0) is 12.1 Å². The lowest BCUT2D eigenvalue weighted by Gasteiger charge is -2.12. The molecule has 0 saturated carbocycles. The van der Waals surface area contributed by atoms with E-state index in [4.69, 9.17) is 5.26 Å². The minimum Gasteiger partial charge on any atom is -0.465 e. The number of hydrogen-bond acceptors (Lipinski definition) is 6. The van der Waals surface area contributed by atoms with Crippen molar-refractivity contribution in [3.05, 3.63) is 42.0 Å². The average Bonchev–Trinajstić information content (AvgIpc) is 2.98. The fourth-order valence-electron chi connectivity index (χ4n) is 1.84. The lowest BCUT2D eigenvalue weighted by molar-refractivity contribution is 0.0600. The van der Waals surface area contributed by atoms with Crippen LogP contribution >= 0.6 is 0 Å². The minimum absolute atomic E-state index is 0.0259. The van der Waals surface area contributed by atoms with Crippen LogP contribution in [0.15, 0.2) is 35.7 Å². The number of hydrogen-bond donors (Lipinski definition) is 0. The maximum Gasteiger partial charge on any atom is 0.339 e. The van der Waals surface area contributed by atoms with Gasteiger partial charge in [0.05, 0.1) is 35.1 Å². The van der Waals surface area contributed by atoms with Gasteiger partial charge in [0.25, 0.3) is 0 Å². The summed E-state index contributed by atoms with van der Waals surface area (Å²) in [6.45, 7) is 0. The molecule has 0 unspecified atom stereocenters. The molecule has 0 fully saturated rings. The largest absolute Gasteiger partial charge is 0.465 e. The summed E-state index contributed by atoms with van der Waals surface area (Å²) in [5, 5.41) is 9.15. The molecule has 2 aromatic rings. The molecule has 0 saturated heterocycles. The van der Waals surface area contributed by atoms with Crippen LogP contribution in [0.1, 0.15) is 15.9 Å². The molecule has 0 radical (unpaired) electrons. The number of carbonyl (C=O) groups is 1. The summed E-state index contributed by atoms with van der Waals surface area (Å²) in [4.78, 5) is 15.4. The molecule has 1 aromatic carbocycles. The van der Waals surface area contributed by atoms with Crippen LogP contribution in [-0.2, 0) is 14.6 Å². The molecule has 0 aliphatic carbocycles. The lowest BCUT2D eigenvalue weighted by atomic mass is 10.1. The highest BCUT2D eigenvalue weighted by molar-refractivity contribution is 7.90. The maximum absolute atomic E-state index is 11.9. The molecule has 1 aromatic heterocycles. The number of sulfone groups is 1. The van der Waals surface area contributed by atoms with Crippen LogP contribution in [0, 0.1) is 11.3 Å². The Kier molecular flexibility index (Phi) is 3.78. The standard InChI is InChI=1S/C13H11N3O4S/c1-20-13(17)10-6-12(21(2,18)19)11(5-9(10)7-14)16-4-3-15-8-16/h3-6,8H,1-2H3. The Morgan fingerprint density at radius 2 is 2.14 bits per heavy atom. The number of nitrogens with zero attached hydrogens (tertiary/aromatic N) is 3. The first kappa shape index (κ1) is 14.7. The molecule has 0 aliphatic heterocycles. The summed E-state index contributed by atoms with van der Waals surface area (Å²) < 4.78 is 29.9. The Labute approximate surface area is 121 Å². The predicted octanol–water partition coefficient (Wildman–Crippen LogP) is 0.934. The van der Waals surface area contributed by atoms with Gasteiger partial charge in [0.2, 0.25) is 0 Å². The molecule has 0 atom stereocenters. The van der Waals surface area contributed by atoms with Crippen LogP contribution in [0.5, 0.6) is 0 Å². The Morgan fingerprint density at radius 1 is 1.43 bits per heavy atom. The highest BCUT2D eigenvalue weighted by Crippen LogP contribution is 2.25. The molecular formula is C13H11N3O4S. The van der Waals surface area contributed by atoms with Gasteiger partial charge in [0.1, 0.15) is 6.07 Å². The first-order chi connectivity index (χ1) is 9.88. The zero-order valence-electron chi connectivity index (χ0n) is 11.3. The van der Waals surface area contributed by atoms with E-state index in [1.54, 1.807) is 6.20 Å². The van der Waals surface area contributed by atoms with E-state index in [1.807, 2.05) is 6.07 Å². The first-order valence-electron chi connectivity index (χ1n) is 5.73. The fourth-order valence-corrected chi connectivity index (χ4v) is 2.72. The van der Waals surface area contributed by atoms with Gasteiger partial charge in [-0.3, -0.25) is 0 Å². The van der Waals surface area contributed by atoms with Crippen molar-refractivity contribution < 1.29 is 17.9 Å². The predicted molar refractivity (Wildman–Crippen MR) is 72.7 cm³/mol. The monoisotopic (exact) mass is 305 g/mol. The van der Waals surface area contributed by atoms with Crippen LogP contribution in [0.3, 0.4) is 0 Å². The van der Waals surface area contributed by atoms with Crippen molar-refractivity contribution in [2.75, 3.05) is 13.4 Å². The van der Waals surface area contributed by atoms with Gasteiger partial charge in [-0.2, -0.15) is 5.26 Å². The molecule has 0 aliphatic rings. The molecule has 7 nitrogen and oxygen atoms in total. The number of aromatic nitrogens is 2. The van der Waals surface area contributed by atoms with Gasteiger partial charge in [0, 0.05) is 18.6 Å². The normalized spacial score (nSPS) is 10.9. The van der Waals surface area contributed by atoms with Crippen molar-refractivity contribution in [2.45, 2.75) is 4.90 Å². The van der Waals surface area contributed by atoms with E-state index in [1.165, 1.54) is 23.2 Å². The Bertz CT molecular complexity index is 833. The van der Waals surface area contributed by atoms with E-state index in [0.717, 1.165) is 19.4 Å². The Hall–Kier alpha value is -2.66. The molecule has 21 heavy (non-hydrogen) atoms. The van der Waals surface area contributed by atoms with Gasteiger partial charge >= 0.3 is 5.97 Å². The second-order valence-electron chi connectivity index (χ2n) is 4.21. The summed E-state index contributed by atoms with van der Waals surface area (Å²) in [7, 11) is -2.45. The third-order valence-corrected chi connectivity index (χ3v) is 3.93. The smallest absolute Gasteiger partial charge is 0.339 e. The average molecular weight is 305 g/mol. The second kappa shape index (κ2) is 5.38. The Morgan fingerprint density at radius 3 is 2.62 bits per heavy atom. The van der Waals surface area contributed by atoms with Crippen LogP contribution < -0.4 is 0 Å². The van der Waals surface area contributed by atoms with Crippen molar-refractivity contribution in [1.29, 1.82) is 5.26 Å². The minimum atomic E-state index is -3.61. The van der Waals surface area contributed by atoms with Crippen molar-refractivity contribution in [3.63, 3.8) is 0 Å². The number of nitriles is 1. The topological polar surface area (TPSA) is 102 Å². The highest BCUT2D eigenvalue weighted by atomic mass is 32.2. The summed E-state index contributed by atoms with van der Waals surface area (Å²) >= 11 is 0. The van der Waals surface area contributed by atoms with Crippen LogP contribution in [0.2, 0.25) is 0 Å². The second-order valence-corrected chi connectivity index (χ2v) is 6.20. The third-order valence-electron chi connectivity index (χ3n) is 2.81. The summed E-state index contributed by atoms with van der Waals surface area (Å²) in [5.41, 5.74) is 0.182. The number of rotatable bonds is 3. The van der Waals surface area contributed by atoms with E-state index in [9.17, 15) is 13.2 Å². The van der Waals surface area contributed by atoms with Gasteiger partial charge in [-0.15, -0.1) is 0 Å². The summed E-state index contributed by atoms with van der Waals surface area (Å²) in [5.74, 6) is -0.770. The number of esters is 1. The molecule has 108 valence electrons. The molecule has 1 heterocycles. The zero-order valence-corrected chi connectivity index (χ0v) is 12.1. The highest BCUT2D eigenvalue weighted by Gasteiger charge is 2.22. The van der Waals surface area contributed by atoms with E-state index in [0.29, 0.717) is 0 Å². The quantitative estimate of drug-likeness (QED) is 0.782. The number of imidazole rings is 1. The van der Waals surface area contributed by atoms with Crippen molar-refractivity contribution in [3.8, 4) is 11.8 Å². The van der Waals surface area contributed by atoms with Crippen LogP contribution in [0.4, 0.5) is 0 Å². The summed E-state index contributed by atoms with van der Waals surface area (Å²) in [6, 6.07) is 4.33. The molecule has 0 N–H and O–H groups in total. The van der Waals surface area contributed by atoms with E-state index in [-0.39, 0.29) is 21.7 Å². The van der Waals surface area contributed by atoms with Crippen molar-refractivity contribution in [1.82, 2.24) is 9.55 Å². The van der Waals surface area contributed by atoms with Gasteiger partial charge in [-0.25, -0.2) is 18.2 Å². The zero-order chi connectivity index (χ0) is 15.6. The van der Waals surface area contributed by atoms with Gasteiger partial charge in [-0.1, -0.05) is 0 Å². The molecule has 2 rings (SSSR count). The number of carbonyl (C=O) groups excluding carboxylic acids is 1. The molecule has 8 heteroatoms. The maximum atomic E-state index is 11.9. The van der Waals surface area contributed by atoms with Crippen LogP contribution in [0.25, 0.3) is 5.69 Å². The van der Waals surface area contributed by atoms with E-state index in [2.05, 4.69) is 9.72 Å². The molecule has 0 amide bonds. The lowest BCUT2D eigenvalue weighted by Crippen LogP contribution is -2.11. The summed E-state index contributed by atoms with van der Waals surface area (Å²) in [6.07, 6.45) is 5.45. The molecular weight excluding hydrogens is 294 g/mol. The van der Waals surface area contributed by atoms with Gasteiger partial charge in [0.15, 0.2) is 9.84 Å².